The molecule has 0 aliphatic carbocycles. The van der Waals surface area contributed by atoms with Gasteiger partial charge in [-0.25, -0.2) is 9.37 Å². The molecule has 0 bridgehead atoms. The fraction of sp³-hybridized carbons (Fsp3) is 0.154. The Morgan fingerprint density at radius 2 is 1.94 bits per heavy atom. The van der Waals surface area contributed by atoms with Crippen molar-refractivity contribution in [1.82, 2.24) is 4.98 Å². The van der Waals surface area contributed by atoms with Crippen LogP contribution < -0.4 is 11.1 Å². The number of halogens is 1. The summed E-state index contributed by atoms with van der Waals surface area (Å²) < 4.78 is 13.1. The van der Waals surface area contributed by atoms with E-state index in [1.165, 1.54) is 6.07 Å². The van der Waals surface area contributed by atoms with E-state index < -0.39 is 0 Å². The van der Waals surface area contributed by atoms with Crippen molar-refractivity contribution in [3.63, 3.8) is 0 Å². The molecule has 17 heavy (non-hydrogen) atoms. The Labute approximate surface area is 99.5 Å². The molecule has 0 saturated carbocycles. The zero-order valence-electron chi connectivity index (χ0n) is 9.79. The molecule has 2 rings (SSSR count). The number of aryl methyl sites for hydroxylation is 2. The van der Waals surface area contributed by atoms with E-state index in [0.29, 0.717) is 17.1 Å². The first-order valence-electron chi connectivity index (χ1n) is 5.31. The molecule has 1 aromatic heterocycles. The molecule has 0 amide bonds. The summed E-state index contributed by atoms with van der Waals surface area (Å²) in [6.07, 6.45) is 1.70. The standard InChI is InChI=1S/C13H14FN3/c1-8-5-10(3-4-11(8)14)17-13-6-12(15)9(2)7-16-13/h3-7H,1-2H3,(H3,15,16,17). The number of hydrogen-bond acceptors (Lipinski definition) is 3. The molecule has 0 fully saturated rings. The highest BCUT2D eigenvalue weighted by Gasteiger charge is 2.01. The zero-order chi connectivity index (χ0) is 12.4. The van der Waals surface area contributed by atoms with E-state index in [-0.39, 0.29) is 5.82 Å². The van der Waals surface area contributed by atoms with Crippen LogP contribution in [0.5, 0.6) is 0 Å². The summed E-state index contributed by atoms with van der Waals surface area (Å²) in [5, 5.41) is 3.08. The van der Waals surface area contributed by atoms with Gasteiger partial charge < -0.3 is 11.1 Å². The Balaban J connectivity index is 2.25. The second-order valence-corrected chi connectivity index (χ2v) is 4.02. The Morgan fingerprint density at radius 1 is 1.18 bits per heavy atom. The van der Waals surface area contributed by atoms with Crippen LogP contribution in [0.1, 0.15) is 11.1 Å². The molecule has 3 N–H and O–H groups in total. The average molecular weight is 231 g/mol. The van der Waals surface area contributed by atoms with Crippen molar-refractivity contribution in [3.05, 3.63) is 47.4 Å². The Hall–Kier alpha value is -2.10. The van der Waals surface area contributed by atoms with E-state index in [4.69, 9.17) is 5.73 Å². The summed E-state index contributed by atoms with van der Waals surface area (Å²) in [6.45, 7) is 3.62. The first-order chi connectivity index (χ1) is 8.06. The maximum absolute atomic E-state index is 13.1. The van der Waals surface area contributed by atoms with Crippen LogP contribution in [0, 0.1) is 19.7 Å². The highest BCUT2D eigenvalue weighted by molar-refractivity contribution is 5.61. The number of nitrogen functional groups attached to an aromatic ring is 1. The second-order valence-electron chi connectivity index (χ2n) is 4.02. The van der Waals surface area contributed by atoms with Gasteiger partial charge >= 0.3 is 0 Å². The van der Waals surface area contributed by atoms with Crippen LogP contribution >= 0.6 is 0 Å². The van der Waals surface area contributed by atoms with Crippen LogP contribution in [0.2, 0.25) is 0 Å². The summed E-state index contributed by atoms with van der Waals surface area (Å²) >= 11 is 0. The lowest BCUT2D eigenvalue weighted by Gasteiger charge is -2.08. The number of nitrogens with zero attached hydrogens (tertiary/aromatic N) is 1. The fourth-order valence-corrected chi connectivity index (χ4v) is 1.48. The van der Waals surface area contributed by atoms with Gasteiger partial charge in [0, 0.05) is 23.6 Å². The molecule has 1 heterocycles. The Kier molecular flexibility index (Phi) is 2.95. The van der Waals surface area contributed by atoms with Crippen LogP contribution in [0.15, 0.2) is 30.5 Å². The summed E-state index contributed by atoms with van der Waals surface area (Å²) in [7, 11) is 0. The van der Waals surface area contributed by atoms with Gasteiger partial charge in [0.15, 0.2) is 0 Å². The summed E-state index contributed by atoms with van der Waals surface area (Å²) in [4.78, 5) is 4.20. The molecule has 0 unspecified atom stereocenters. The van der Waals surface area contributed by atoms with Gasteiger partial charge in [0.2, 0.25) is 0 Å². The van der Waals surface area contributed by atoms with Crippen molar-refractivity contribution < 1.29 is 4.39 Å². The minimum absolute atomic E-state index is 0.216. The maximum atomic E-state index is 13.1. The topological polar surface area (TPSA) is 50.9 Å². The van der Waals surface area contributed by atoms with Crippen molar-refractivity contribution >= 4 is 17.2 Å². The van der Waals surface area contributed by atoms with Crippen LogP contribution in [0.25, 0.3) is 0 Å². The lowest BCUT2D eigenvalue weighted by atomic mass is 10.2. The molecule has 0 aliphatic heterocycles. The van der Waals surface area contributed by atoms with Crippen molar-refractivity contribution in [2.45, 2.75) is 13.8 Å². The van der Waals surface area contributed by atoms with Crippen LogP contribution in [0.3, 0.4) is 0 Å². The van der Waals surface area contributed by atoms with Gasteiger partial charge in [0.1, 0.15) is 11.6 Å². The molecule has 0 aliphatic rings. The quantitative estimate of drug-likeness (QED) is 0.834. The number of anilines is 3. The molecule has 4 heteroatoms. The van der Waals surface area contributed by atoms with Gasteiger partial charge in [0.05, 0.1) is 0 Å². The smallest absolute Gasteiger partial charge is 0.132 e. The minimum Gasteiger partial charge on any atom is -0.398 e. The van der Waals surface area contributed by atoms with E-state index in [1.54, 1.807) is 31.3 Å². The molecule has 88 valence electrons. The van der Waals surface area contributed by atoms with Crippen molar-refractivity contribution in [1.29, 1.82) is 0 Å². The summed E-state index contributed by atoms with van der Waals surface area (Å²) in [5.41, 5.74) is 8.79. The number of hydrogen-bond donors (Lipinski definition) is 2. The number of pyridine rings is 1. The van der Waals surface area contributed by atoms with Crippen molar-refractivity contribution in [2.75, 3.05) is 11.1 Å². The molecular weight excluding hydrogens is 217 g/mol. The van der Waals surface area contributed by atoms with Crippen molar-refractivity contribution in [3.8, 4) is 0 Å². The molecule has 0 saturated heterocycles. The van der Waals surface area contributed by atoms with Gasteiger partial charge in [-0.2, -0.15) is 0 Å². The zero-order valence-corrected chi connectivity index (χ0v) is 9.79. The molecule has 0 radical (unpaired) electrons. The number of nitrogens with one attached hydrogen (secondary N) is 1. The predicted octanol–water partition coefficient (Wildman–Crippen LogP) is 3.16. The maximum Gasteiger partial charge on any atom is 0.132 e. The van der Waals surface area contributed by atoms with Crippen LogP contribution in [-0.2, 0) is 0 Å². The third-order valence-electron chi connectivity index (χ3n) is 2.58. The van der Waals surface area contributed by atoms with Gasteiger partial charge in [-0.1, -0.05) is 0 Å². The molecule has 0 spiro atoms. The fourth-order valence-electron chi connectivity index (χ4n) is 1.48. The monoisotopic (exact) mass is 231 g/mol. The van der Waals surface area contributed by atoms with E-state index in [1.807, 2.05) is 6.92 Å². The highest BCUT2D eigenvalue weighted by atomic mass is 19.1. The van der Waals surface area contributed by atoms with E-state index >= 15 is 0 Å². The van der Waals surface area contributed by atoms with Gasteiger partial charge in [0.25, 0.3) is 0 Å². The average Bonchev–Trinajstić information content (AvgIpc) is 2.29. The Bertz CT molecular complexity index is 503. The SMILES string of the molecule is Cc1cnc(Nc2ccc(F)c(C)c2)cc1N. The largest absolute Gasteiger partial charge is 0.398 e. The van der Waals surface area contributed by atoms with Crippen LogP contribution in [-0.4, -0.2) is 4.98 Å². The van der Waals surface area contributed by atoms with E-state index in [2.05, 4.69) is 10.3 Å². The molecule has 0 atom stereocenters. The number of nitrogens with two attached hydrogens (primary N) is 1. The lowest BCUT2D eigenvalue weighted by molar-refractivity contribution is 0.619. The van der Waals surface area contributed by atoms with E-state index in [0.717, 1.165) is 11.3 Å². The predicted molar refractivity (Wildman–Crippen MR) is 67.8 cm³/mol. The third-order valence-corrected chi connectivity index (χ3v) is 2.58. The Morgan fingerprint density at radius 3 is 2.59 bits per heavy atom. The number of aromatic nitrogens is 1. The normalized spacial score (nSPS) is 10.3. The van der Waals surface area contributed by atoms with Gasteiger partial charge in [-0.05, 0) is 43.2 Å². The van der Waals surface area contributed by atoms with Gasteiger partial charge in [-0.3, -0.25) is 0 Å². The minimum atomic E-state index is -0.216. The van der Waals surface area contributed by atoms with Gasteiger partial charge in [-0.15, -0.1) is 0 Å². The molecular formula is C13H14FN3. The highest BCUT2D eigenvalue weighted by Crippen LogP contribution is 2.20. The lowest BCUT2D eigenvalue weighted by Crippen LogP contribution is -1.98. The van der Waals surface area contributed by atoms with Crippen LogP contribution in [0.4, 0.5) is 21.6 Å². The third kappa shape index (κ3) is 2.53. The summed E-state index contributed by atoms with van der Waals surface area (Å²) in [5.74, 6) is 0.436. The second kappa shape index (κ2) is 4.41. The molecule has 1 aromatic carbocycles. The number of benzene rings is 1. The molecule has 2 aromatic rings. The summed E-state index contributed by atoms with van der Waals surface area (Å²) in [6, 6.07) is 6.58. The van der Waals surface area contributed by atoms with Crippen molar-refractivity contribution in [2.24, 2.45) is 0 Å². The first-order valence-corrected chi connectivity index (χ1v) is 5.31. The molecule has 3 nitrogen and oxygen atoms in total. The van der Waals surface area contributed by atoms with E-state index in [9.17, 15) is 4.39 Å². The first kappa shape index (κ1) is 11.4. The number of rotatable bonds is 2.